The van der Waals surface area contributed by atoms with Crippen LogP contribution in [0, 0.1) is 5.82 Å². The van der Waals surface area contributed by atoms with Gasteiger partial charge in [-0.2, -0.15) is 17.5 Å². The number of carbonyl (C=O) groups is 1. The summed E-state index contributed by atoms with van der Waals surface area (Å²) < 4.78 is 83.5. The summed E-state index contributed by atoms with van der Waals surface area (Å²) in [6.07, 6.45) is -6.66. The van der Waals surface area contributed by atoms with Crippen LogP contribution in [-0.4, -0.2) is 48.6 Å². The molecule has 1 saturated heterocycles. The fourth-order valence-electron chi connectivity index (χ4n) is 2.66. The van der Waals surface area contributed by atoms with Crippen molar-refractivity contribution in [2.45, 2.75) is 43.2 Å². The molecule has 1 N–H and O–H groups in total. The van der Waals surface area contributed by atoms with Crippen molar-refractivity contribution in [2.75, 3.05) is 6.54 Å². The number of carboxylic acid groups (broad SMARTS) is 1. The van der Waals surface area contributed by atoms with Crippen molar-refractivity contribution in [3.8, 4) is 0 Å². The van der Waals surface area contributed by atoms with E-state index in [2.05, 4.69) is 0 Å². The van der Waals surface area contributed by atoms with E-state index in [0.717, 1.165) is 0 Å². The predicted octanol–water partition coefficient (Wildman–Crippen LogP) is 2.10. The molecule has 25 heavy (non-hydrogen) atoms. The van der Waals surface area contributed by atoms with Crippen LogP contribution in [-0.2, 0) is 25.7 Å². The van der Waals surface area contributed by atoms with Gasteiger partial charge in [-0.15, -0.1) is 0 Å². The largest absolute Gasteiger partial charge is 0.480 e. The van der Waals surface area contributed by atoms with Crippen molar-refractivity contribution in [2.24, 2.45) is 0 Å². The van der Waals surface area contributed by atoms with Crippen LogP contribution in [0.15, 0.2) is 23.1 Å². The standard InChI is InChI=1S/C14H15F4NO5S/c1-7-6-19(12(13(20)21)8(2)24-7)25(22,23)11-5-9(14(16,17)18)3-4-10(11)15/h3-5,7-8,12H,6H2,1-2H3,(H,20,21). The first-order valence-electron chi connectivity index (χ1n) is 7.12. The summed E-state index contributed by atoms with van der Waals surface area (Å²) in [5, 5.41) is 9.27. The molecule has 0 spiro atoms. The predicted molar refractivity (Wildman–Crippen MR) is 76.7 cm³/mol. The summed E-state index contributed by atoms with van der Waals surface area (Å²) in [5.74, 6) is -2.95. The number of carboxylic acids is 1. The molecule has 11 heteroatoms. The third kappa shape index (κ3) is 3.77. The molecule has 1 heterocycles. The minimum absolute atomic E-state index is 0.161. The Balaban J connectivity index is 2.58. The average molecular weight is 385 g/mol. The Labute approximate surface area is 141 Å². The van der Waals surface area contributed by atoms with E-state index in [4.69, 9.17) is 4.74 Å². The Morgan fingerprint density at radius 2 is 1.92 bits per heavy atom. The topological polar surface area (TPSA) is 83.9 Å². The van der Waals surface area contributed by atoms with E-state index >= 15 is 0 Å². The second-order valence-electron chi connectivity index (χ2n) is 5.65. The number of nitrogens with zero attached hydrogens (tertiary/aromatic N) is 1. The molecule has 3 unspecified atom stereocenters. The lowest BCUT2D eigenvalue weighted by Gasteiger charge is -2.39. The van der Waals surface area contributed by atoms with E-state index < -0.39 is 63.2 Å². The molecule has 0 aromatic heterocycles. The molecule has 140 valence electrons. The first kappa shape index (κ1) is 19.6. The number of morpholine rings is 1. The van der Waals surface area contributed by atoms with Crippen molar-refractivity contribution in [3.05, 3.63) is 29.6 Å². The lowest BCUT2D eigenvalue weighted by Crippen LogP contribution is -2.58. The Morgan fingerprint density at radius 3 is 2.44 bits per heavy atom. The summed E-state index contributed by atoms with van der Waals surface area (Å²) >= 11 is 0. The smallest absolute Gasteiger partial charge is 0.416 e. The van der Waals surface area contributed by atoms with Gasteiger partial charge in [0.1, 0.15) is 16.8 Å². The Kier molecular flexibility index (Phi) is 5.13. The lowest BCUT2D eigenvalue weighted by atomic mass is 10.1. The van der Waals surface area contributed by atoms with Crippen molar-refractivity contribution < 1.29 is 40.6 Å². The van der Waals surface area contributed by atoms with E-state index in [9.17, 15) is 35.9 Å². The maximum absolute atomic E-state index is 14.0. The van der Waals surface area contributed by atoms with Crippen LogP contribution in [0.25, 0.3) is 0 Å². The molecule has 0 amide bonds. The average Bonchev–Trinajstić information content (AvgIpc) is 2.44. The normalized spacial score (nSPS) is 25.8. The monoisotopic (exact) mass is 385 g/mol. The highest BCUT2D eigenvalue weighted by atomic mass is 32.2. The summed E-state index contributed by atoms with van der Waals surface area (Å²) in [4.78, 5) is 10.2. The molecule has 2 rings (SSSR count). The molecule has 1 aromatic carbocycles. The maximum atomic E-state index is 14.0. The van der Waals surface area contributed by atoms with Gasteiger partial charge in [0, 0.05) is 6.54 Å². The van der Waals surface area contributed by atoms with Crippen LogP contribution in [0.5, 0.6) is 0 Å². The highest BCUT2D eigenvalue weighted by molar-refractivity contribution is 7.89. The maximum Gasteiger partial charge on any atom is 0.416 e. The highest BCUT2D eigenvalue weighted by Crippen LogP contribution is 2.34. The summed E-state index contributed by atoms with van der Waals surface area (Å²) in [7, 11) is -4.84. The molecular weight excluding hydrogens is 370 g/mol. The third-order valence-electron chi connectivity index (χ3n) is 3.74. The zero-order valence-corrected chi connectivity index (χ0v) is 13.9. The number of rotatable bonds is 3. The number of sulfonamides is 1. The van der Waals surface area contributed by atoms with Crippen LogP contribution in [0.1, 0.15) is 19.4 Å². The minimum Gasteiger partial charge on any atom is -0.480 e. The van der Waals surface area contributed by atoms with Crippen molar-refractivity contribution >= 4 is 16.0 Å². The highest BCUT2D eigenvalue weighted by Gasteiger charge is 2.46. The van der Waals surface area contributed by atoms with Crippen molar-refractivity contribution in [1.82, 2.24) is 4.31 Å². The van der Waals surface area contributed by atoms with Gasteiger partial charge >= 0.3 is 12.1 Å². The molecular formula is C14H15F4NO5S. The minimum atomic E-state index is -4.88. The first-order valence-corrected chi connectivity index (χ1v) is 8.56. The van der Waals surface area contributed by atoms with Gasteiger partial charge in [0.25, 0.3) is 0 Å². The van der Waals surface area contributed by atoms with Gasteiger partial charge in [0.15, 0.2) is 0 Å². The van der Waals surface area contributed by atoms with Gasteiger partial charge < -0.3 is 9.84 Å². The Morgan fingerprint density at radius 1 is 1.32 bits per heavy atom. The van der Waals surface area contributed by atoms with Gasteiger partial charge in [-0.3, -0.25) is 4.79 Å². The van der Waals surface area contributed by atoms with E-state index in [-0.39, 0.29) is 6.07 Å². The SMILES string of the molecule is CC1CN(S(=O)(=O)c2cc(C(F)(F)F)ccc2F)C(C(=O)O)C(C)O1. The molecule has 0 radical (unpaired) electrons. The Hall–Kier alpha value is -1.72. The molecule has 0 bridgehead atoms. The molecule has 1 fully saturated rings. The van der Waals surface area contributed by atoms with E-state index in [1.165, 1.54) is 13.8 Å². The molecule has 3 atom stereocenters. The number of aliphatic carboxylic acids is 1. The van der Waals surface area contributed by atoms with Crippen LogP contribution >= 0.6 is 0 Å². The van der Waals surface area contributed by atoms with Crippen LogP contribution < -0.4 is 0 Å². The second kappa shape index (κ2) is 6.54. The number of hydrogen-bond donors (Lipinski definition) is 1. The number of ether oxygens (including phenoxy) is 1. The van der Waals surface area contributed by atoms with E-state index in [0.29, 0.717) is 16.4 Å². The van der Waals surface area contributed by atoms with Crippen LogP contribution in [0.2, 0.25) is 0 Å². The molecule has 1 aliphatic heterocycles. The van der Waals surface area contributed by atoms with Crippen LogP contribution in [0.3, 0.4) is 0 Å². The fourth-order valence-corrected chi connectivity index (χ4v) is 4.47. The molecule has 1 aromatic rings. The van der Waals surface area contributed by atoms with E-state index in [1.54, 1.807) is 0 Å². The van der Waals surface area contributed by atoms with Gasteiger partial charge in [-0.1, -0.05) is 0 Å². The number of alkyl halides is 3. The lowest BCUT2D eigenvalue weighted by molar-refractivity contribution is -0.155. The molecule has 6 nitrogen and oxygen atoms in total. The Bertz CT molecular complexity index is 780. The summed E-state index contributed by atoms with van der Waals surface area (Å²) in [6, 6.07) is -0.726. The zero-order valence-electron chi connectivity index (χ0n) is 13.1. The van der Waals surface area contributed by atoms with Gasteiger partial charge in [-0.05, 0) is 32.0 Å². The number of halogens is 4. The third-order valence-corrected chi connectivity index (χ3v) is 5.60. The molecule has 0 aliphatic carbocycles. The summed E-state index contributed by atoms with van der Waals surface area (Å²) in [6.45, 7) is 2.36. The zero-order chi connectivity index (χ0) is 19.2. The van der Waals surface area contributed by atoms with E-state index in [1.807, 2.05) is 0 Å². The van der Waals surface area contributed by atoms with Crippen LogP contribution in [0.4, 0.5) is 17.6 Å². The molecule has 1 aliphatic rings. The van der Waals surface area contributed by atoms with Gasteiger partial charge in [-0.25, -0.2) is 12.8 Å². The first-order chi connectivity index (χ1) is 11.4. The van der Waals surface area contributed by atoms with Gasteiger partial charge in [0.05, 0.1) is 17.8 Å². The number of hydrogen-bond acceptors (Lipinski definition) is 4. The van der Waals surface area contributed by atoms with Crippen molar-refractivity contribution in [1.29, 1.82) is 0 Å². The van der Waals surface area contributed by atoms with Gasteiger partial charge in [0.2, 0.25) is 10.0 Å². The fraction of sp³-hybridized carbons (Fsp3) is 0.500. The second-order valence-corrected chi connectivity index (χ2v) is 7.51. The quantitative estimate of drug-likeness (QED) is 0.806. The number of benzene rings is 1. The summed E-state index contributed by atoms with van der Waals surface area (Å²) in [5.41, 5.74) is -1.35. The molecule has 0 saturated carbocycles. The van der Waals surface area contributed by atoms with Crippen molar-refractivity contribution in [3.63, 3.8) is 0 Å².